The maximum atomic E-state index is 2.46. The Kier molecular flexibility index (Phi) is 3.42. The Morgan fingerprint density at radius 2 is 0.714 bits per heavy atom. The van der Waals surface area contributed by atoms with Gasteiger partial charge in [-0.2, -0.15) is 38.4 Å². The molecule has 8 bridgehead atoms. The van der Waals surface area contributed by atoms with Crippen LogP contribution >= 0.6 is 0 Å². The van der Waals surface area contributed by atoms with Crippen molar-refractivity contribution in [2.24, 2.45) is 0 Å². The van der Waals surface area contributed by atoms with Gasteiger partial charge in [0.2, 0.25) is 80.0 Å². The molecule has 6 N–H and O–H groups in total. The molecule has 150 valence electrons. The Balaban J connectivity index is 1.07. The average molecular weight is 391 g/mol. The minimum Gasteiger partial charge on any atom is -0.195 e. The van der Waals surface area contributed by atoms with E-state index in [1.807, 2.05) is 29.4 Å². The Bertz CT molecular complexity index is 641. The van der Waals surface area contributed by atoms with Crippen LogP contribution in [0.2, 0.25) is 0 Å². The number of hydrogen-bond acceptors (Lipinski definition) is 0. The van der Waals surface area contributed by atoms with E-state index in [1.165, 1.54) is 102 Å². The second-order valence-corrected chi connectivity index (χ2v) is 11.3. The number of hydrogen-bond donors (Lipinski definition) is 6. The molecule has 8 heterocycles. The van der Waals surface area contributed by atoms with Gasteiger partial charge in [-0.05, 0) is 0 Å². The van der Waals surface area contributed by atoms with Crippen LogP contribution in [-0.4, -0.2) is 89.0 Å². The van der Waals surface area contributed by atoms with E-state index >= 15 is 0 Å². The quantitative estimate of drug-likeness (QED) is 0.276. The van der Waals surface area contributed by atoms with E-state index in [-0.39, 0.29) is 0 Å². The highest BCUT2D eigenvalue weighted by Gasteiger charge is 2.57. The molecule has 1 aromatic rings. The molecule has 0 saturated carbocycles. The van der Waals surface area contributed by atoms with Crippen LogP contribution in [0.25, 0.3) is 0 Å². The molecule has 8 nitrogen and oxygen atoms in total. The Morgan fingerprint density at radius 3 is 0.964 bits per heavy atom. The molecule has 0 atom stereocenters. The first-order chi connectivity index (χ1) is 13.6. The van der Waals surface area contributed by atoms with Crippen molar-refractivity contribution in [1.29, 1.82) is 0 Å². The lowest BCUT2D eigenvalue weighted by molar-refractivity contribution is -1.43. The molecule has 28 heavy (non-hydrogen) atoms. The molecule has 8 aliphatic rings. The van der Waals surface area contributed by atoms with E-state index in [4.69, 9.17) is 0 Å². The van der Waals surface area contributed by atoms with Crippen LogP contribution < -0.4 is 29.4 Å². The average Bonchev–Trinajstić information content (AvgIpc) is 2.60. The van der Waals surface area contributed by atoms with Crippen LogP contribution in [-0.2, 0) is 13.1 Å². The number of nitrogens with zero attached hydrogens (tertiary/aromatic N) is 2. The summed E-state index contributed by atoms with van der Waals surface area (Å²) in [6.45, 7) is 18.8. The summed E-state index contributed by atoms with van der Waals surface area (Å²) >= 11 is 0. The summed E-state index contributed by atoms with van der Waals surface area (Å²) in [5, 5.41) is 0. The van der Waals surface area contributed by atoms with Gasteiger partial charge < -0.3 is 0 Å². The lowest BCUT2D eigenvalue weighted by Crippen LogP contribution is -3.57. The first-order valence-corrected chi connectivity index (χ1v) is 11.4. The van der Waals surface area contributed by atoms with Gasteiger partial charge in [0.1, 0.15) is 13.1 Å². The van der Waals surface area contributed by atoms with Crippen molar-refractivity contribution in [3.8, 4) is 0 Å². The molecule has 8 fully saturated rings. The largest absolute Gasteiger partial charge is 0.223 e. The van der Waals surface area contributed by atoms with Crippen LogP contribution in [0.1, 0.15) is 11.1 Å². The number of rotatable bonds is 4. The summed E-state index contributed by atoms with van der Waals surface area (Å²) in [5.41, 5.74) is 3.12. The van der Waals surface area contributed by atoms with Gasteiger partial charge in [-0.1, -0.05) is 24.3 Å². The van der Waals surface area contributed by atoms with Gasteiger partial charge in [0.25, 0.3) is 0 Å². The molecule has 8 saturated heterocycles. The number of benzene rings is 1. The van der Waals surface area contributed by atoms with Crippen molar-refractivity contribution in [3.63, 3.8) is 0 Å². The van der Waals surface area contributed by atoms with E-state index in [1.54, 1.807) is 11.1 Å². The molecule has 9 rings (SSSR count). The standard InChI is InChI=1S/C20H32N8/c1-2-20(6-28-16-24-10-25(17-28)12-26(11-24)18-28)4-3-19(1)5-27-13-21-7-22(14-27)9-23(8-21)15-27/h1-4H,5-18H2/q+2/p+6. The molecule has 1 aromatic carbocycles. The van der Waals surface area contributed by atoms with E-state index in [2.05, 4.69) is 24.3 Å². The van der Waals surface area contributed by atoms with Crippen LogP contribution in [0.4, 0.5) is 0 Å². The fraction of sp³-hybridized carbons (Fsp3) is 0.700. The third-order valence-electron chi connectivity index (χ3n) is 8.41. The lowest BCUT2D eigenvalue weighted by Gasteiger charge is -2.53. The Hall–Kier alpha value is -1.10. The topological polar surface area (TPSA) is 26.6 Å². The first-order valence-electron chi connectivity index (χ1n) is 11.4. The number of nitrogens with one attached hydrogen (secondary N) is 6. The van der Waals surface area contributed by atoms with Gasteiger partial charge in [0, 0.05) is 11.1 Å². The normalized spacial score (nSPS) is 50.4. The van der Waals surface area contributed by atoms with E-state index in [0.717, 1.165) is 0 Å². The number of quaternary nitrogens is 8. The molecule has 8 heteroatoms. The summed E-state index contributed by atoms with van der Waals surface area (Å²) in [5.74, 6) is 0. The monoisotopic (exact) mass is 390 g/mol. The van der Waals surface area contributed by atoms with E-state index in [9.17, 15) is 0 Å². The van der Waals surface area contributed by atoms with Crippen molar-refractivity contribution in [3.05, 3.63) is 35.4 Å². The van der Waals surface area contributed by atoms with E-state index < -0.39 is 0 Å². The highest BCUT2D eigenvalue weighted by atomic mass is 15.7. The minimum absolute atomic E-state index is 1.24. The fourth-order valence-corrected chi connectivity index (χ4v) is 8.21. The summed E-state index contributed by atoms with van der Waals surface area (Å²) in [6, 6.07) is 9.85. The molecule has 0 aromatic heterocycles. The zero-order chi connectivity index (χ0) is 18.3. The van der Waals surface area contributed by atoms with Crippen molar-refractivity contribution in [2.45, 2.75) is 13.1 Å². The van der Waals surface area contributed by atoms with Gasteiger partial charge in [-0.15, -0.1) is 0 Å². The van der Waals surface area contributed by atoms with E-state index in [0.29, 0.717) is 0 Å². The predicted octanol–water partition coefficient (Wildman–Crippen LogP) is -8.80. The third kappa shape index (κ3) is 2.68. The molecule has 0 unspecified atom stereocenters. The second-order valence-electron chi connectivity index (χ2n) is 11.3. The molecule has 0 spiro atoms. The van der Waals surface area contributed by atoms with Crippen molar-refractivity contribution in [2.75, 3.05) is 80.0 Å². The summed E-state index contributed by atoms with van der Waals surface area (Å²) in [4.78, 5) is 11.0. The summed E-state index contributed by atoms with van der Waals surface area (Å²) in [7, 11) is 0. The molecule has 0 radical (unpaired) electrons. The highest BCUT2D eigenvalue weighted by molar-refractivity contribution is 5.21. The third-order valence-corrected chi connectivity index (χ3v) is 8.41. The molecular weight excluding hydrogens is 352 g/mol. The Labute approximate surface area is 167 Å². The first kappa shape index (κ1) is 16.7. The predicted molar refractivity (Wildman–Crippen MR) is 98.6 cm³/mol. The van der Waals surface area contributed by atoms with Gasteiger partial charge in [0.05, 0.1) is 0 Å². The second kappa shape index (κ2) is 5.74. The van der Waals surface area contributed by atoms with Gasteiger partial charge in [0.15, 0.2) is 0 Å². The summed E-state index contributed by atoms with van der Waals surface area (Å²) < 4.78 is 2.63. The fourth-order valence-electron chi connectivity index (χ4n) is 8.21. The maximum absolute atomic E-state index is 2.46. The van der Waals surface area contributed by atoms with Gasteiger partial charge >= 0.3 is 0 Å². The smallest absolute Gasteiger partial charge is 0.195 e. The van der Waals surface area contributed by atoms with Crippen LogP contribution in [0.15, 0.2) is 24.3 Å². The lowest BCUT2D eigenvalue weighted by atomic mass is 10.1. The van der Waals surface area contributed by atoms with Crippen LogP contribution in [0, 0.1) is 0 Å². The molecule has 0 amide bonds. The molecule has 8 aliphatic heterocycles. The van der Waals surface area contributed by atoms with Crippen molar-refractivity contribution >= 4 is 0 Å². The minimum atomic E-state index is 1.24. The zero-order valence-corrected chi connectivity index (χ0v) is 17.1. The van der Waals surface area contributed by atoms with Crippen LogP contribution in [0.5, 0.6) is 0 Å². The van der Waals surface area contributed by atoms with Gasteiger partial charge in [-0.3, -0.25) is 0 Å². The highest BCUT2D eigenvalue weighted by Crippen LogP contribution is 2.17. The Morgan fingerprint density at radius 1 is 0.464 bits per heavy atom. The SMILES string of the molecule is c1cc(C[N+]23C[NH+]4C[NH+](C[NH+](C4)C2)C3)ccc1C[N+]12C[NH+]3C[NH+](C[NH+](C3)C1)C2. The molecule has 0 aliphatic carbocycles. The van der Waals surface area contributed by atoms with Gasteiger partial charge in [-0.25, -0.2) is 0 Å². The van der Waals surface area contributed by atoms with Crippen molar-refractivity contribution < 1.29 is 38.4 Å². The molecular formula is C20H38N8+8. The maximum Gasteiger partial charge on any atom is 0.223 e. The van der Waals surface area contributed by atoms with Crippen molar-refractivity contribution in [1.82, 2.24) is 0 Å². The summed E-state index contributed by atoms with van der Waals surface area (Å²) in [6.07, 6.45) is 0. The zero-order valence-electron chi connectivity index (χ0n) is 17.1. The van der Waals surface area contributed by atoms with Crippen LogP contribution in [0.3, 0.4) is 0 Å².